The van der Waals surface area contributed by atoms with Gasteiger partial charge < -0.3 is 25.2 Å². The van der Waals surface area contributed by atoms with E-state index in [0.29, 0.717) is 13.1 Å². The SMILES string of the molecule is CN=C(NCc1ccc(C(=O)N2CCCCC2)cc1)N1CCC(NC(=O)OC(C)(C)C)C1.I. The van der Waals surface area contributed by atoms with Gasteiger partial charge in [0.15, 0.2) is 5.96 Å². The number of piperidine rings is 1. The van der Waals surface area contributed by atoms with Crippen LogP contribution in [0.4, 0.5) is 4.79 Å². The molecule has 0 spiro atoms. The van der Waals surface area contributed by atoms with Crippen LogP contribution in [0.25, 0.3) is 0 Å². The highest BCUT2D eigenvalue weighted by Crippen LogP contribution is 2.15. The first kappa shape index (κ1) is 27.2. The number of likely N-dealkylation sites (tertiary alicyclic amines) is 2. The predicted octanol–water partition coefficient (Wildman–Crippen LogP) is 3.61. The van der Waals surface area contributed by atoms with Gasteiger partial charge in [-0.25, -0.2) is 4.79 Å². The fraction of sp³-hybridized carbons (Fsp3) is 0.625. The first-order valence-corrected chi connectivity index (χ1v) is 11.6. The van der Waals surface area contributed by atoms with Crippen molar-refractivity contribution in [3.05, 3.63) is 35.4 Å². The van der Waals surface area contributed by atoms with E-state index >= 15 is 0 Å². The third-order valence-electron chi connectivity index (χ3n) is 5.72. The van der Waals surface area contributed by atoms with Crippen LogP contribution in [0.3, 0.4) is 0 Å². The van der Waals surface area contributed by atoms with Gasteiger partial charge in [-0.1, -0.05) is 12.1 Å². The van der Waals surface area contributed by atoms with E-state index in [2.05, 4.69) is 20.5 Å². The number of carbonyl (C=O) groups excluding carboxylic acids is 2. The summed E-state index contributed by atoms with van der Waals surface area (Å²) in [6.07, 6.45) is 3.86. The Morgan fingerprint density at radius 2 is 1.73 bits per heavy atom. The summed E-state index contributed by atoms with van der Waals surface area (Å²) in [5.41, 5.74) is 1.33. The van der Waals surface area contributed by atoms with Gasteiger partial charge in [0.1, 0.15) is 5.60 Å². The second kappa shape index (κ2) is 12.4. The smallest absolute Gasteiger partial charge is 0.407 e. The quantitative estimate of drug-likeness (QED) is 0.328. The molecule has 0 aromatic heterocycles. The molecule has 2 saturated heterocycles. The van der Waals surface area contributed by atoms with E-state index in [0.717, 1.165) is 56.0 Å². The lowest BCUT2D eigenvalue weighted by Crippen LogP contribution is -2.44. The average molecular weight is 572 g/mol. The standard InChI is InChI=1S/C24H37N5O3.HI/c1-24(2,3)32-23(31)27-20-12-15-29(17-20)22(25-4)26-16-18-8-10-19(11-9-18)21(30)28-13-6-5-7-14-28;/h8-11,20H,5-7,12-17H2,1-4H3,(H,25,26)(H,27,31);1H. The Morgan fingerprint density at radius 1 is 1.06 bits per heavy atom. The zero-order chi connectivity index (χ0) is 23.1. The summed E-state index contributed by atoms with van der Waals surface area (Å²) >= 11 is 0. The summed E-state index contributed by atoms with van der Waals surface area (Å²) in [6, 6.07) is 7.84. The van der Waals surface area contributed by atoms with Crippen LogP contribution in [0, 0.1) is 0 Å². The third kappa shape index (κ3) is 8.35. The fourth-order valence-electron chi connectivity index (χ4n) is 4.10. The van der Waals surface area contributed by atoms with Crippen molar-refractivity contribution in [3.63, 3.8) is 0 Å². The third-order valence-corrected chi connectivity index (χ3v) is 5.72. The lowest BCUT2D eigenvalue weighted by molar-refractivity contribution is 0.0506. The number of guanidine groups is 1. The molecule has 1 aromatic carbocycles. The van der Waals surface area contributed by atoms with E-state index < -0.39 is 5.60 Å². The maximum atomic E-state index is 12.6. The van der Waals surface area contributed by atoms with E-state index in [1.165, 1.54) is 6.42 Å². The van der Waals surface area contributed by atoms with E-state index in [4.69, 9.17) is 4.74 Å². The zero-order valence-corrected chi connectivity index (χ0v) is 22.6. The molecule has 0 radical (unpaired) electrons. The molecule has 1 unspecified atom stereocenters. The van der Waals surface area contributed by atoms with Crippen LogP contribution >= 0.6 is 24.0 Å². The van der Waals surface area contributed by atoms with Crippen molar-refractivity contribution in [1.29, 1.82) is 0 Å². The van der Waals surface area contributed by atoms with Crippen LogP contribution in [0.15, 0.2) is 29.3 Å². The number of rotatable bonds is 4. The van der Waals surface area contributed by atoms with Gasteiger partial charge in [0, 0.05) is 45.3 Å². The van der Waals surface area contributed by atoms with E-state index in [1.54, 1.807) is 7.05 Å². The molecule has 0 bridgehead atoms. The Bertz CT molecular complexity index is 816. The minimum atomic E-state index is -0.506. The summed E-state index contributed by atoms with van der Waals surface area (Å²) in [5.74, 6) is 0.924. The molecule has 0 aliphatic carbocycles. The largest absolute Gasteiger partial charge is 0.444 e. The highest BCUT2D eigenvalue weighted by atomic mass is 127. The van der Waals surface area contributed by atoms with Crippen molar-refractivity contribution < 1.29 is 14.3 Å². The van der Waals surface area contributed by atoms with Gasteiger partial charge in [0.25, 0.3) is 5.91 Å². The summed E-state index contributed by atoms with van der Waals surface area (Å²) in [5, 5.41) is 6.33. The highest BCUT2D eigenvalue weighted by molar-refractivity contribution is 14.0. The number of carbonyl (C=O) groups is 2. The summed E-state index contributed by atoms with van der Waals surface area (Å²) in [7, 11) is 1.76. The Balaban J connectivity index is 0.00000385. The highest BCUT2D eigenvalue weighted by Gasteiger charge is 2.27. The van der Waals surface area contributed by atoms with E-state index in [9.17, 15) is 9.59 Å². The molecule has 8 nitrogen and oxygen atoms in total. The van der Waals surface area contributed by atoms with Gasteiger partial charge in [-0.2, -0.15) is 0 Å². The fourth-order valence-corrected chi connectivity index (χ4v) is 4.10. The monoisotopic (exact) mass is 571 g/mol. The van der Waals surface area contributed by atoms with Crippen molar-refractivity contribution in [2.24, 2.45) is 4.99 Å². The zero-order valence-electron chi connectivity index (χ0n) is 20.2. The number of ether oxygens (including phenoxy) is 1. The lowest BCUT2D eigenvalue weighted by Gasteiger charge is -2.26. The molecule has 2 N–H and O–H groups in total. The second-order valence-corrected chi connectivity index (χ2v) is 9.53. The van der Waals surface area contributed by atoms with Gasteiger partial charge >= 0.3 is 6.09 Å². The predicted molar refractivity (Wildman–Crippen MR) is 141 cm³/mol. The molecule has 1 aromatic rings. The van der Waals surface area contributed by atoms with Crippen molar-refractivity contribution in [2.75, 3.05) is 33.2 Å². The molecule has 3 rings (SSSR count). The van der Waals surface area contributed by atoms with E-state index in [-0.39, 0.29) is 42.0 Å². The molecule has 2 amide bonds. The molecular weight excluding hydrogens is 533 g/mol. The minimum Gasteiger partial charge on any atom is -0.444 e. The first-order valence-electron chi connectivity index (χ1n) is 11.6. The molecule has 2 heterocycles. The maximum absolute atomic E-state index is 12.6. The normalized spacial score (nSPS) is 19.0. The van der Waals surface area contributed by atoms with Gasteiger partial charge in [0.2, 0.25) is 0 Å². The average Bonchev–Trinajstić information content (AvgIpc) is 3.21. The lowest BCUT2D eigenvalue weighted by atomic mass is 10.1. The van der Waals surface area contributed by atoms with Crippen LogP contribution in [0.2, 0.25) is 0 Å². The number of amides is 2. The second-order valence-electron chi connectivity index (χ2n) is 9.53. The van der Waals surface area contributed by atoms with Gasteiger partial charge in [-0.3, -0.25) is 9.79 Å². The number of benzene rings is 1. The summed E-state index contributed by atoms with van der Waals surface area (Å²) in [4.78, 5) is 33.1. The maximum Gasteiger partial charge on any atom is 0.407 e. The van der Waals surface area contributed by atoms with Gasteiger partial charge in [-0.15, -0.1) is 24.0 Å². The van der Waals surface area contributed by atoms with Crippen LogP contribution in [-0.2, 0) is 11.3 Å². The molecule has 1 atom stereocenters. The van der Waals surface area contributed by atoms with Crippen LogP contribution in [0.5, 0.6) is 0 Å². The van der Waals surface area contributed by atoms with Crippen LogP contribution in [0.1, 0.15) is 62.4 Å². The Morgan fingerprint density at radius 3 is 2.33 bits per heavy atom. The molecule has 2 aliphatic rings. The molecule has 184 valence electrons. The van der Waals surface area contributed by atoms with E-state index in [1.807, 2.05) is 49.9 Å². The molecular formula is C24H38IN5O3. The Kier molecular flexibility index (Phi) is 10.2. The van der Waals surface area contributed by atoms with Gasteiger partial charge in [-0.05, 0) is 64.2 Å². The summed E-state index contributed by atoms with van der Waals surface area (Å²) in [6.45, 7) is 9.40. The Hall–Kier alpha value is -2.04. The molecule has 2 fully saturated rings. The minimum absolute atomic E-state index is 0. The Labute approximate surface area is 214 Å². The number of halogens is 1. The molecule has 2 aliphatic heterocycles. The van der Waals surface area contributed by atoms with Crippen molar-refractivity contribution in [3.8, 4) is 0 Å². The van der Waals surface area contributed by atoms with Crippen LogP contribution in [-0.4, -0.2) is 72.6 Å². The van der Waals surface area contributed by atoms with Crippen molar-refractivity contribution >= 4 is 41.9 Å². The van der Waals surface area contributed by atoms with Crippen molar-refractivity contribution in [2.45, 2.75) is 64.6 Å². The number of nitrogens with zero attached hydrogens (tertiary/aromatic N) is 3. The first-order chi connectivity index (χ1) is 15.2. The topological polar surface area (TPSA) is 86.3 Å². The van der Waals surface area contributed by atoms with Crippen LogP contribution < -0.4 is 10.6 Å². The number of hydrogen-bond acceptors (Lipinski definition) is 4. The molecule has 0 saturated carbocycles. The molecule has 33 heavy (non-hydrogen) atoms. The van der Waals surface area contributed by atoms with Crippen molar-refractivity contribution in [1.82, 2.24) is 20.4 Å². The number of alkyl carbamates (subject to hydrolysis) is 1. The number of hydrogen-bond donors (Lipinski definition) is 2. The van der Waals surface area contributed by atoms with Gasteiger partial charge in [0.05, 0.1) is 6.04 Å². The number of nitrogens with one attached hydrogen (secondary N) is 2. The number of aliphatic imine (C=N–C) groups is 1. The molecule has 9 heteroatoms. The summed E-state index contributed by atoms with van der Waals surface area (Å²) < 4.78 is 5.35.